The number of hydrogen-bond acceptors (Lipinski definition) is 15. The van der Waals surface area contributed by atoms with Crippen LogP contribution in [0.4, 0.5) is 17.5 Å². The minimum absolute atomic E-state index is 0.0219. The van der Waals surface area contributed by atoms with Gasteiger partial charge in [0.1, 0.15) is 68.5 Å². The molecule has 0 bridgehead atoms. The van der Waals surface area contributed by atoms with Crippen LogP contribution in [0.1, 0.15) is 140 Å². The van der Waals surface area contributed by atoms with E-state index in [9.17, 15) is 28.8 Å². The number of amides is 6. The number of nitrogens with two attached hydrogens (primary N) is 6. The third kappa shape index (κ3) is 12.2. The van der Waals surface area contributed by atoms with E-state index in [1.165, 1.54) is 12.2 Å². The molecule has 24 nitrogen and oxygen atoms in total. The molecule has 6 amide bonds. The molecule has 12 N–H and O–H groups in total. The molecule has 92 heavy (non-hydrogen) atoms. The Balaban J connectivity index is 0.000000133. The SMILES string of the molecule is C=CC(=O)N1CCC2(CC(n3nc(-c4ccc(OC5CC5)cc4)c(C(N)=O)c3N)C2)C1.C=CC(=O)N1CCC2(CC(n3nc(-c4cccc(OC)c4)c(C(N)=O)c3N)C2)C1.CC#CC(=O)N1CCC2(CC(n3nc(-c4ccc(OC5CC5)cc4)c(C(N)=O)c3N)C2)C1. The van der Waals surface area contributed by atoms with E-state index < -0.39 is 17.7 Å². The minimum Gasteiger partial charge on any atom is -0.497 e. The van der Waals surface area contributed by atoms with Gasteiger partial charge in [0.2, 0.25) is 11.8 Å². The number of nitrogen functional groups attached to an aromatic ring is 3. The highest BCUT2D eigenvalue weighted by atomic mass is 16.5. The number of benzene rings is 3. The van der Waals surface area contributed by atoms with Crippen molar-refractivity contribution in [3.63, 3.8) is 0 Å². The zero-order chi connectivity index (χ0) is 65.0. The Morgan fingerprint density at radius 3 is 1.22 bits per heavy atom. The molecular weight excluding hydrogens is 1170 g/mol. The first kappa shape index (κ1) is 62.2. The van der Waals surface area contributed by atoms with Crippen LogP contribution in [0.5, 0.6) is 17.2 Å². The fourth-order valence-electron chi connectivity index (χ4n) is 14.6. The number of hydrogen-bond donors (Lipinski definition) is 6. The van der Waals surface area contributed by atoms with Crippen molar-refractivity contribution < 1.29 is 43.0 Å². The number of rotatable bonds is 16. The normalized spacial score (nSPS) is 24.0. The molecule has 3 aromatic heterocycles. The summed E-state index contributed by atoms with van der Waals surface area (Å²) in [4.78, 5) is 77.9. The Morgan fingerprint density at radius 1 is 0.522 bits per heavy atom. The lowest BCUT2D eigenvalue weighted by molar-refractivity contribution is -0.126. The van der Waals surface area contributed by atoms with Crippen molar-refractivity contribution in [3.8, 4) is 62.9 Å². The Morgan fingerprint density at radius 2 is 0.880 bits per heavy atom. The van der Waals surface area contributed by atoms with E-state index in [1.54, 1.807) is 34.1 Å². The predicted octanol–water partition coefficient (Wildman–Crippen LogP) is 6.84. The highest BCUT2D eigenvalue weighted by Crippen LogP contribution is 2.57. The zero-order valence-corrected chi connectivity index (χ0v) is 52.0. The van der Waals surface area contributed by atoms with Crippen LogP contribution in [-0.4, -0.2) is 138 Å². The van der Waals surface area contributed by atoms with Gasteiger partial charge < -0.3 is 63.3 Å². The number of ether oxygens (including phenoxy) is 3. The molecule has 6 heterocycles. The zero-order valence-electron chi connectivity index (χ0n) is 52.0. The van der Waals surface area contributed by atoms with Crippen LogP contribution in [0, 0.1) is 28.1 Å². The van der Waals surface area contributed by atoms with Crippen LogP contribution >= 0.6 is 0 Å². The van der Waals surface area contributed by atoms with E-state index in [-0.39, 0.29) is 74.6 Å². The fourth-order valence-corrected chi connectivity index (χ4v) is 14.6. The maximum atomic E-state index is 12.2. The summed E-state index contributed by atoms with van der Waals surface area (Å²) in [5, 5.41) is 14.1. The minimum atomic E-state index is -0.607. The molecule has 3 spiro atoms. The molecule has 0 unspecified atom stereocenters. The maximum Gasteiger partial charge on any atom is 0.298 e. The summed E-state index contributed by atoms with van der Waals surface area (Å²) in [5.41, 5.74) is 40.7. The van der Waals surface area contributed by atoms with E-state index in [2.05, 4.69) is 30.1 Å². The van der Waals surface area contributed by atoms with E-state index in [4.69, 9.17) is 58.8 Å². The van der Waals surface area contributed by atoms with Gasteiger partial charge in [-0.3, -0.25) is 28.8 Å². The standard InChI is InChI=1S/C24H27N5O3.C23H27N5O3.C21H25N5O3/c1-2-3-19(30)28-11-10-24(14-28)12-16(13-24)29-22(25)20(23(26)31)21(27-29)15-4-6-17(7-5-15)32-18-8-9-18;1-2-18(29)27-10-9-23(13-27)11-15(12-23)28-21(24)19(22(25)30)20(26-28)14-3-5-16(6-4-14)31-17-7-8-17;1-3-16(27)25-8-7-21(12-25)10-14(11-21)26-19(22)17(20(23)28)18(24-26)13-5-4-6-15(9-13)29-2/h4-7,16,18H,8-14,25H2,1H3,(H2,26,31);2-6,15,17H,1,7-13,24H2,(H2,25,30);3-6,9,14H,1,7-8,10-12,22H2,2H3,(H2,23,28). The molecule has 3 saturated heterocycles. The van der Waals surface area contributed by atoms with Crippen LogP contribution in [-0.2, 0) is 14.4 Å². The molecule has 3 aliphatic heterocycles. The Hall–Kier alpha value is -10.1. The summed E-state index contributed by atoms with van der Waals surface area (Å²) in [7, 11) is 1.58. The molecule has 0 radical (unpaired) electrons. The molecule has 5 aliphatic carbocycles. The summed E-state index contributed by atoms with van der Waals surface area (Å²) in [6.07, 6.45) is 15.8. The van der Waals surface area contributed by atoms with Gasteiger partial charge in [-0.15, -0.1) is 0 Å². The van der Waals surface area contributed by atoms with Crippen molar-refractivity contribution in [3.05, 3.63) is 115 Å². The lowest BCUT2D eigenvalue weighted by Crippen LogP contribution is -2.42. The van der Waals surface area contributed by atoms with Crippen LogP contribution in [0.2, 0.25) is 0 Å². The average molecular weight is 1250 g/mol. The average Bonchev–Trinajstić information content (AvgIpc) is 1.58. The lowest BCUT2D eigenvalue weighted by atomic mass is 9.65. The molecule has 14 rings (SSSR count). The van der Waals surface area contributed by atoms with Gasteiger partial charge in [-0.2, -0.15) is 15.3 Å². The Kier molecular flexibility index (Phi) is 16.6. The first-order valence-electron chi connectivity index (χ1n) is 31.4. The van der Waals surface area contributed by atoms with Gasteiger partial charge in [0.05, 0.1) is 37.4 Å². The van der Waals surface area contributed by atoms with Crippen molar-refractivity contribution in [2.24, 2.45) is 33.4 Å². The number of anilines is 3. The van der Waals surface area contributed by atoms with Gasteiger partial charge in [-0.25, -0.2) is 14.0 Å². The van der Waals surface area contributed by atoms with E-state index in [0.717, 1.165) is 144 Å². The van der Waals surface area contributed by atoms with Gasteiger partial charge in [0.15, 0.2) is 0 Å². The van der Waals surface area contributed by atoms with Gasteiger partial charge in [-0.1, -0.05) is 31.2 Å². The molecule has 3 aromatic carbocycles. The van der Waals surface area contributed by atoms with Crippen molar-refractivity contribution in [2.75, 3.05) is 63.6 Å². The van der Waals surface area contributed by atoms with E-state index in [1.807, 2.05) is 81.4 Å². The summed E-state index contributed by atoms with van der Waals surface area (Å²) in [6.45, 7) is 13.2. The largest absolute Gasteiger partial charge is 0.497 e. The number of primary amides is 3. The quantitative estimate of drug-likeness (QED) is 0.0427. The Labute approximate surface area is 533 Å². The van der Waals surface area contributed by atoms with E-state index in [0.29, 0.717) is 53.2 Å². The third-order valence-electron chi connectivity index (χ3n) is 19.7. The van der Waals surface area contributed by atoms with Crippen molar-refractivity contribution >= 4 is 52.9 Å². The first-order valence-corrected chi connectivity index (χ1v) is 31.4. The monoisotopic (exact) mass is 1250 g/mol. The summed E-state index contributed by atoms with van der Waals surface area (Å²) in [5.74, 6) is 6.51. The van der Waals surface area contributed by atoms with Gasteiger partial charge in [0, 0.05) is 56.0 Å². The molecule has 8 fully saturated rings. The van der Waals surface area contributed by atoms with E-state index >= 15 is 0 Å². The summed E-state index contributed by atoms with van der Waals surface area (Å²) < 4.78 is 22.1. The summed E-state index contributed by atoms with van der Waals surface area (Å²) >= 11 is 0. The summed E-state index contributed by atoms with van der Waals surface area (Å²) in [6, 6.07) is 22.6. The first-order chi connectivity index (χ1) is 44.1. The third-order valence-corrected chi connectivity index (χ3v) is 19.7. The molecule has 480 valence electrons. The molecule has 8 aliphatic rings. The number of methoxy groups -OCH3 is 1. The van der Waals surface area contributed by atoms with Crippen LogP contribution in [0.25, 0.3) is 33.8 Å². The van der Waals surface area contributed by atoms with Crippen LogP contribution in [0.3, 0.4) is 0 Å². The maximum absolute atomic E-state index is 12.2. The van der Waals surface area contributed by atoms with Crippen molar-refractivity contribution in [1.29, 1.82) is 0 Å². The number of carbonyl (C=O) groups is 6. The molecular formula is C68H79N15O9. The van der Waals surface area contributed by atoms with Gasteiger partial charge in [-0.05, 0) is 185 Å². The fraction of sp³-hybridized carbons (Fsp3) is 0.426. The second-order valence-corrected chi connectivity index (χ2v) is 26.1. The second-order valence-electron chi connectivity index (χ2n) is 26.1. The number of likely N-dealkylation sites (tertiary alicyclic amines) is 3. The number of aromatic nitrogens is 6. The smallest absolute Gasteiger partial charge is 0.298 e. The van der Waals surface area contributed by atoms with Gasteiger partial charge >= 0.3 is 0 Å². The number of carbonyl (C=O) groups excluding carboxylic acids is 6. The molecule has 24 heteroatoms. The second kappa shape index (κ2) is 24.6. The Bertz CT molecular complexity index is 3980. The van der Waals surface area contributed by atoms with Crippen molar-refractivity contribution in [1.82, 2.24) is 44.0 Å². The van der Waals surface area contributed by atoms with Crippen LogP contribution < -0.4 is 48.6 Å². The van der Waals surface area contributed by atoms with Gasteiger partial charge in [0.25, 0.3) is 23.6 Å². The highest BCUT2D eigenvalue weighted by Gasteiger charge is 2.53. The van der Waals surface area contributed by atoms with Crippen molar-refractivity contribution in [2.45, 2.75) is 121 Å². The predicted molar refractivity (Wildman–Crippen MR) is 345 cm³/mol. The molecule has 0 atom stereocenters. The topological polar surface area (TPSA) is 349 Å². The highest BCUT2D eigenvalue weighted by molar-refractivity contribution is 6.05. The molecule has 6 aromatic rings. The number of nitrogens with zero attached hydrogens (tertiary/aromatic N) is 9. The lowest BCUT2D eigenvalue weighted by Gasteiger charge is -2.45. The molecule has 5 saturated carbocycles. The van der Waals surface area contributed by atoms with Crippen LogP contribution in [0.15, 0.2) is 98.1 Å².